The lowest BCUT2D eigenvalue weighted by Crippen LogP contribution is -2.28. The van der Waals surface area contributed by atoms with Crippen molar-refractivity contribution >= 4 is 22.3 Å². The highest BCUT2D eigenvalue weighted by Crippen LogP contribution is 2.28. The lowest BCUT2D eigenvalue weighted by atomic mass is 10.1. The fraction of sp³-hybridized carbons (Fsp3) is 0.588. The standard InChI is InChI=1S/C17H25N5S/c1-10(2)22-7-6-14(9-22)16-18-11(3)8-15(20-16)21-17-19-12(4)13(5)23-17/h8,10,14H,6-7,9H2,1-5H3,(H,18,19,20,21)/t14-/m1/s1. The lowest BCUT2D eigenvalue weighted by Gasteiger charge is -2.20. The van der Waals surface area contributed by atoms with Crippen molar-refractivity contribution in [1.29, 1.82) is 0 Å². The first-order chi connectivity index (χ1) is 10.9. The summed E-state index contributed by atoms with van der Waals surface area (Å²) in [6.07, 6.45) is 1.14. The summed E-state index contributed by atoms with van der Waals surface area (Å²) >= 11 is 1.67. The van der Waals surface area contributed by atoms with Gasteiger partial charge in [0, 0.05) is 35.1 Å². The van der Waals surface area contributed by atoms with Gasteiger partial charge in [0.15, 0.2) is 5.13 Å². The number of rotatable bonds is 4. The zero-order valence-corrected chi connectivity index (χ0v) is 15.4. The minimum Gasteiger partial charge on any atom is -0.316 e. The van der Waals surface area contributed by atoms with E-state index in [1.807, 2.05) is 19.9 Å². The van der Waals surface area contributed by atoms with E-state index in [4.69, 9.17) is 4.98 Å². The van der Waals surface area contributed by atoms with Crippen LogP contribution in [-0.2, 0) is 0 Å². The number of likely N-dealkylation sites (tertiary alicyclic amines) is 1. The lowest BCUT2D eigenvalue weighted by molar-refractivity contribution is 0.272. The van der Waals surface area contributed by atoms with E-state index >= 15 is 0 Å². The number of aryl methyl sites for hydroxylation is 3. The smallest absolute Gasteiger partial charge is 0.188 e. The minimum absolute atomic E-state index is 0.428. The molecule has 2 aromatic heterocycles. The van der Waals surface area contributed by atoms with Gasteiger partial charge in [-0.3, -0.25) is 0 Å². The molecule has 0 aliphatic carbocycles. The molecule has 1 saturated heterocycles. The van der Waals surface area contributed by atoms with Crippen LogP contribution in [0.1, 0.15) is 48.3 Å². The highest BCUT2D eigenvalue weighted by atomic mass is 32.1. The van der Waals surface area contributed by atoms with Gasteiger partial charge in [-0.05, 0) is 47.6 Å². The Balaban J connectivity index is 1.79. The maximum Gasteiger partial charge on any atom is 0.188 e. The van der Waals surface area contributed by atoms with Crippen molar-refractivity contribution in [1.82, 2.24) is 19.9 Å². The summed E-state index contributed by atoms with van der Waals surface area (Å²) < 4.78 is 0. The number of hydrogen-bond donors (Lipinski definition) is 1. The first-order valence-electron chi connectivity index (χ1n) is 8.23. The molecule has 0 bridgehead atoms. The van der Waals surface area contributed by atoms with Crippen LogP contribution in [0.5, 0.6) is 0 Å². The van der Waals surface area contributed by atoms with Gasteiger partial charge in [-0.15, -0.1) is 11.3 Å². The number of nitrogens with zero attached hydrogens (tertiary/aromatic N) is 4. The van der Waals surface area contributed by atoms with E-state index in [9.17, 15) is 0 Å². The maximum atomic E-state index is 4.76. The molecule has 2 aromatic rings. The third kappa shape index (κ3) is 3.70. The van der Waals surface area contributed by atoms with Gasteiger partial charge in [-0.25, -0.2) is 15.0 Å². The quantitative estimate of drug-likeness (QED) is 0.923. The largest absolute Gasteiger partial charge is 0.316 e. The van der Waals surface area contributed by atoms with Gasteiger partial charge in [0.2, 0.25) is 0 Å². The van der Waals surface area contributed by atoms with Crippen LogP contribution in [0.15, 0.2) is 6.07 Å². The summed E-state index contributed by atoms with van der Waals surface area (Å²) in [4.78, 5) is 17.7. The van der Waals surface area contributed by atoms with Gasteiger partial charge in [0.1, 0.15) is 11.6 Å². The molecule has 5 nitrogen and oxygen atoms in total. The molecule has 0 spiro atoms. The average Bonchev–Trinajstić information content (AvgIpc) is 3.06. The second-order valence-corrected chi connectivity index (χ2v) is 7.82. The highest BCUT2D eigenvalue weighted by molar-refractivity contribution is 7.15. The summed E-state index contributed by atoms with van der Waals surface area (Å²) in [6.45, 7) is 12.8. The molecule has 6 heteroatoms. The Bertz CT molecular complexity index is 675. The first kappa shape index (κ1) is 16.3. The molecule has 0 amide bonds. The van der Waals surface area contributed by atoms with Crippen molar-refractivity contribution < 1.29 is 0 Å². The zero-order valence-electron chi connectivity index (χ0n) is 14.6. The Morgan fingerprint density at radius 1 is 1.22 bits per heavy atom. The van der Waals surface area contributed by atoms with Crippen LogP contribution in [0.25, 0.3) is 0 Å². The van der Waals surface area contributed by atoms with E-state index in [1.165, 1.54) is 4.88 Å². The topological polar surface area (TPSA) is 53.9 Å². The van der Waals surface area contributed by atoms with Crippen molar-refractivity contribution in [2.75, 3.05) is 18.4 Å². The first-order valence-corrected chi connectivity index (χ1v) is 9.04. The van der Waals surface area contributed by atoms with Gasteiger partial charge >= 0.3 is 0 Å². The summed E-state index contributed by atoms with van der Waals surface area (Å²) in [5.74, 6) is 2.24. The number of thiazole rings is 1. The molecule has 3 rings (SSSR count). The van der Waals surface area contributed by atoms with Crippen molar-refractivity contribution in [3.63, 3.8) is 0 Å². The van der Waals surface area contributed by atoms with Gasteiger partial charge in [0.05, 0.1) is 5.69 Å². The second-order valence-electron chi connectivity index (χ2n) is 6.61. The molecular formula is C17H25N5S. The molecule has 0 saturated carbocycles. The Morgan fingerprint density at radius 3 is 2.61 bits per heavy atom. The predicted octanol–water partition coefficient (Wildman–Crippen LogP) is 3.80. The molecule has 23 heavy (non-hydrogen) atoms. The van der Waals surface area contributed by atoms with E-state index in [2.05, 4.69) is 41.0 Å². The second kappa shape index (κ2) is 6.53. The van der Waals surface area contributed by atoms with Gasteiger partial charge in [-0.1, -0.05) is 0 Å². The Hall–Kier alpha value is -1.53. The van der Waals surface area contributed by atoms with Crippen LogP contribution in [0, 0.1) is 20.8 Å². The molecule has 124 valence electrons. The van der Waals surface area contributed by atoms with Crippen LogP contribution in [0.3, 0.4) is 0 Å². The molecular weight excluding hydrogens is 306 g/mol. The van der Waals surface area contributed by atoms with E-state index in [0.29, 0.717) is 12.0 Å². The summed E-state index contributed by atoms with van der Waals surface area (Å²) in [7, 11) is 0. The van der Waals surface area contributed by atoms with Gasteiger partial charge in [-0.2, -0.15) is 0 Å². The van der Waals surface area contributed by atoms with Crippen LogP contribution >= 0.6 is 11.3 Å². The fourth-order valence-corrected chi connectivity index (χ4v) is 3.76. The van der Waals surface area contributed by atoms with E-state index in [1.54, 1.807) is 11.3 Å². The highest BCUT2D eigenvalue weighted by Gasteiger charge is 2.27. The number of aromatic nitrogens is 3. The fourth-order valence-electron chi connectivity index (χ4n) is 2.94. The molecule has 1 aliphatic rings. The number of hydrogen-bond acceptors (Lipinski definition) is 6. The predicted molar refractivity (Wildman–Crippen MR) is 95.7 cm³/mol. The number of nitrogens with one attached hydrogen (secondary N) is 1. The maximum absolute atomic E-state index is 4.76. The SMILES string of the molecule is Cc1cc(Nc2nc(C)c(C)s2)nc([C@@H]2CCN(C(C)C)C2)n1. The molecule has 1 atom stereocenters. The minimum atomic E-state index is 0.428. The molecule has 0 unspecified atom stereocenters. The third-order valence-corrected chi connectivity index (χ3v) is 5.44. The zero-order chi connectivity index (χ0) is 16.6. The molecule has 1 N–H and O–H groups in total. The number of anilines is 2. The summed E-state index contributed by atoms with van der Waals surface area (Å²) in [5.41, 5.74) is 2.08. The van der Waals surface area contributed by atoms with E-state index < -0.39 is 0 Å². The normalized spacial score (nSPS) is 18.8. The van der Waals surface area contributed by atoms with Crippen molar-refractivity contribution in [3.05, 3.63) is 28.2 Å². The average molecular weight is 331 g/mol. The van der Waals surface area contributed by atoms with Crippen molar-refractivity contribution in [2.24, 2.45) is 0 Å². The van der Waals surface area contributed by atoms with Crippen LogP contribution in [0.4, 0.5) is 10.9 Å². The molecule has 1 fully saturated rings. The monoisotopic (exact) mass is 331 g/mol. The van der Waals surface area contributed by atoms with Crippen LogP contribution < -0.4 is 5.32 Å². The molecule has 0 radical (unpaired) electrons. The van der Waals surface area contributed by atoms with Crippen molar-refractivity contribution in [2.45, 2.75) is 53.0 Å². The summed E-state index contributed by atoms with van der Waals surface area (Å²) in [6, 6.07) is 2.58. The Kier molecular flexibility index (Phi) is 4.64. The Labute approximate surface area is 142 Å². The van der Waals surface area contributed by atoms with Crippen molar-refractivity contribution in [3.8, 4) is 0 Å². The summed E-state index contributed by atoms with van der Waals surface area (Å²) in [5, 5.41) is 4.25. The molecule has 0 aromatic carbocycles. The van der Waals surface area contributed by atoms with E-state index in [0.717, 1.165) is 47.7 Å². The third-order valence-electron chi connectivity index (χ3n) is 4.45. The van der Waals surface area contributed by atoms with Gasteiger partial charge < -0.3 is 10.2 Å². The molecule has 3 heterocycles. The van der Waals surface area contributed by atoms with Crippen LogP contribution in [0.2, 0.25) is 0 Å². The Morgan fingerprint density at radius 2 is 2.00 bits per heavy atom. The van der Waals surface area contributed by atoms with Gasteiger partial charge in [0.25, 0.3) is 0 Å². The van der Waals surface area contributed by atoms with Crippen LogP contribution in [-0.4, -0.2) is 39.0 Å². The molecule has 1 aliphatic heterocycles. The van der Waals surface area contributed by atoms with E-state index in [-0.39, 0.29) is 0 Å².